The lowest BCUT2D eigenvalue weighted by atomic mass is 10.0. The molecule has 0 bridgehead atoms. The van der Waals surface area contributed by atoms with Gasteiger partial charge in [0.25, 0.3) is 0 Å². The summed E-state index contributed by atoms with van der Waals surface area (Å²) in [5.41, 5.74) is 0. The minimum absolute atomic E-state index is 0.428. The Hall–Kier alpha value is -1.06. The molecular formula is C26H50O4. The molecule has 0 aromatic carbocycles. The van der Waals surface area contributed by atoms with Gasteiger partial charge < -0.3 is 9.47 Å². The van der Waals surface area contributed by atoms with Crippen LogP contribution in [-0.4, -0.2) is 25.2 Å². The highest BCUT2D eigenvalue weighted by Crippen LogP contribution is 2.15. The fraction of sp³-hybridized carbons (Fsp3) is 0.923. The van der Waals surface area contributed by atoms with Crippen molar-refractivity contribution in [2.45, 2.75) is 148 Å². The fourth-order valence-electron chi connectivity index (χ4n) is 3.96. The van der Waals surface area contributed by atoms with E-state index in [9.17, 15) is 9.59 Å². The van der Waals surface area contributed by atoms with Gasteiger partial charge in [0.05, 0.1) is 7.11 Å². The molecule has 0 rings (SSSR count). The Labute approximate surface area is 186 Å². The van der Waals surface area contributed by atoms with Gasteiger partial charge in [0.15, 0.2) is 6.10 Å². The van der Waals surface area contributed by atoms with Crippen molar-refractivity contribution in [2.24, 2.45) is 0 Å². The summed E-state index contributed by atoms with van der Waals surface area (Å²) >= 11 is 0. The van der Waals surface area contributed by atoms with Gasteiger partial charge in [-0.15, -0.1) is 0 Å². The Bertz CT molecular complexity index is 394. The molecular weight excluding hydrogens is 376 g/mol. The molecule has 1 unspecified atom stereocenters. The zero-order valence-corrected chi connectivity index (χ0v) is 20.4. The molecule has 4 nitrogen and oxygen atoms in total. The molecule has 0 aliphatic carbocycles. The fourth-order valence-corrected chi connectivity index (χ4v) is 3.96. The van der Waals surface area contributed by atoms with Crippen LogP contribution >= 0.6 is 0 Å². The van der Waals surface area contributed by atoms with Crippen LogP contribution in [0, 0.1) is 0 Å². The first kappa shape index (κ1) is 28.9. The van der Waals surface area contributed by atoms with Crippen molar-refractivity contribution in [1.29, 1.82) is 0 Å². The van der Waals surface area contributed by atoms with Gasteiger partial charge in [-0.1, -0.05) is 122 Å². The maximum Gasteiger partial charge on any atom is 0.347 e. The molecule has 178 valence electrons. The molecule has 0 spiro atoms. The van der Waals surface area contributed by atoms with Gasteiger partial charge >= 0.3 is 11.9 Å². The number of esters is 2. The van der Waals surface area contributed by atoms with E-state index in [0.717, 1.165) is 12.8 Å². The molecule has 0 aliphatic rings. The molecule has 0 aromatic heterocycles. The first-order valence-corrected chi connectivity index (χ1v) is 12.9. The van der Waals surface area contributed by atoms with Gasteiger partial charge in [0.2, 0.25) is 0 Å². The minimum Gasteiger partial charge on any atom is -0.466 e. The normalized spacial score (nSPS) is 12.0. The summed E-state index contributed by atoms with van der Waals surface area (Å²) in [7, 11) is 1.33. The summed E-state index contributed by atoms with van der Waals surface area (Å²) in [5.74, 6) is -0.879. The minimum atomic E-state index is -0.738. The predicted molar refractivity (Wildman–Crippen MR) is 126 cm³/mol. The van der Waals surface area contributed by atoms with Crippen LogP contribution in [0.3, 0.4) is 0 Å². The number of rotatable bonds is 22. The van der Waals surface area contributed by atoms with Gasteiger partial charge in [-0.05, 0) is 12.8 Å². The van der Waals surface area contributed by atoms with E-state index in [1.807, 2.05) is 0 Å². The Kier molecular flexibility index (Phi) is 21.8. The number of hydrogen-bond acceptors (Lipinski definition) is 4. The van der Waals surface area contributed by atoms with E-state index >= 15 is 0 Å². The second-order valence-electron chi connectivity index (χ2n) is 8.77. The van der Waals surface area contributed by atoms with Crippen molar-refractivity contribution in [3.63, 3.8) is 0 Å². The van der Waals surface area contributed by atoms with E-state index in [0.29, 0.717) is 6.42 Å². The molecule has 0 aliphatic heterocycles. The monoisotopic (exact) mass is 426 g/mol. The zero-order valence-electron chi connectivity index (χ0n) is 20.4. The van der Waals surface area contributed by atoms with Gasteiger partial charge in [0.1, 0.15) is 0 Å². The standard InChI is InChI=1S/C26H50O4/c1-4-5-6-7-8-9-10-11-12-13-14-15-16-17-18-19-20-21-22-23-25(26(28)29-3)30-24(2)27/h25H,4-23H2,1-3H3. The van der Waals surface area contributed by atoms with Gasteiger partial charge in [-0.25, -0.2) is 4.79 Å². The zero-order chi connectivity index (χ0) is 22.3. The molecule has 0 fully saturated rings. The Morgan fingerprint density at radius 3 is 1.23 bits per heavy atom. The smallest absolute Gasteiger partial charge is 0.347 e. The first-order chi connectivity index (χ1) is 14.6. The number of ether oxygens (including phenoxy) is 2. The average molecular weight is 427 g/mol. The van der Waals surface area contributed by atoms with Gasteiger partial charge in [-0.3, -0.25) is 4.79 Å². The molecule has 0 aromatic rings. The van der Waals surface area contributed by atoms with E-state index < -0.39 is 18.0 Å². The third kappa shape index (κ3) is 20.2. The molecule has 0 amide bonds. The van der Waals surface area contributed by atoms with Crippen LogP contribution in [0.15, 0.2) is 0 Å². The van der Waals surface area contributed by atoms with Crippen molar-refractivity contribution in [3.8, 4) is 0 Å². The van der Waals surface area contributed by atoms with Gasteiger partial charge in [-0.2, -0.15) is 0 Å². The highest BCUT2D eigenvalue weighted by Gasteiger charge is 2.21. The molecule has 0 N–H and O–H groups in total. The van der Waals surface area contributed by atoms with E-state index in [2.05, 4.69) is 11.7 Å². The summed E-state index contributed by atoms with van der Waals surface area (Å²) < 4.78 is 9.71. The van der Waals surface area contributed by atoms with Crippen LogP contribution in [0.2, 0.25) is 0 Å². The van der Waals surface area contributed by atoms with Crippen molar-refractivity contribution >= 4 is 11.9 Å². The molecule has 0 saturated heterocycles. The second kappa shape index (κ2) is 22.6. The molecule has 4 heteroatoms. The summed E-state index contributed by atoms with van der Waals surface area (Å²) in [6, 6.07) is 0. The van der Waals surface area contributed by atoms with E-state index in [4.69, 9.17) is 4.74 Å². The van der Waals surface area contributed by atoms with Crippen LogP contribution < -0.4 is 0 Å². The largest absolute Gasteiger partial charge is 0.466 e. The number of carbonyl (C=O) groups is 2. The van der Waals surface area contributed by atoms with Crippen LogP contribution in [0.1, 0.15) is 142 Å². The Balaban J connectivity index is 3.29. The lowest BCUT2D eigenvalue weighted by molar-refractivity contribution is -0.165. The van der Waals surface area contributed by atoms with Gasteiger partial charge in [0, 0.05) is 6.92 Å². The maximum atomic E-state index is 11.6. The summed E-state index contributed by atoms with van der Waals surface area (Å²) in [5, 5.41) is 0. The van der Waals surface area contributed by atoms with Crippen LogP contribution in [0.4, 0.5) is 0 Å². The van der Waals surface area contributed by atoms with Crippen LogP contribution in [-0.2, 0) is 19.1 Å². The Morgan fingerprint density at radius 1 is 0.600 bits per heavy atom. The lowest BCUT2D eigenvalue weighted by Gasteiger charge is -2.14. The number of hydrogen-bond donors (Lipinski definition) is 0. The lowest BCUT2D eigenvalue weighted by Crippen LogP contribution is -2.27. The van der Waals surface area contributed by atoms with Crippen LogP contribution in [0.5, 0.6) is 0 Å². The third-order valence-corrected chi connectivity index (χ3v) is 5.84. The molecule has 1 atom stereocenters. The van der Waals surface area contributed by atoms with Crippen LogP contribution in [0.25, 0.3) is 0 Å². The van der Waals surface area contributed by atoms with Crippen molar-refractivity contribution in [3.05, 3.63) is 0 Å². The van der Waals surface area contributed by atoms with Crippen molar-refractivity contribution in [2.75, 3.05) is 7.11 Å². The molecule has 0 radical (unpaired) electrons. The average Bonchev–Trinajstić information content (AvgIpc) is 2.73. The first-order valence-electron chi connectivity index (χ1n) is 12.9. The Morgan fingerprint density at radius 2 is 0.933 bits per heavy atom. The summed E-state index contributed by atoms with van der Waals surface area (Å²) in [6.07, 6.45) is 25.3. The second-order valence-corrected chi connectivity index (χ2v) is 8.77. The maximum absolute atomic E-state index is 11.6. The summed E-state index contributed by atoms with van der Waals surface area (Å²) in [6.45, 7) is 3.61. The number of unbranched alkanes of at least 4 members (excludes halogenated alkanes) is 18. The van der Waals surface area contributed by atoms with Crippen molar-refractivity contribution < 1.29 is 19.1 Å². The third-order valence-electron chi connectivity index (χ3n) is 5.84. The number of carbonyl (C=O) groups excluding carboxylic acids is 2. The van der Waals surface area contributed by atoms with E-state index in [-0.39, 0.29) is 0 Å². The summed E-state index contributed by atoms with van der Waals surface area (Å²) in [4.78, 5) is 22.6. The predicted octanol–water partition coefficient (Wildman–Crippen LogP) is 7.91. The molecule has 0 saturated carbocycles. The topological polar surface area (TPSA) is 52.6 Å². The highest BCUT2D eigenvalue weighted by atomic mass is 16.6. The SMILES string of the molecule is CCCCCCCCCCCCCCCCCCCCCC(OC(C)=O)C(=O)OC. The van der Waals surface area contributed by atoms with E-state index in [1.54, 1.807) is 0 Å². The van der Waals surface area contributed by atoms with Crippen molar-refractivity contribution in [1.82, 2.24) is 0 Å². The quantitative estimate of drug-likeness (QED) is 0.130. The number of methoxy groups -OCH3 is 1. The molecule has 0 heterocycles. The highest BCUT2D eigenvalue weighted by molar-refractivity contribution is 5.78. The molecule has 30 heavy (non-hydrogen) atoms. The van der Waals surface area contributed by atoms with E-state index in [1.165, 1.54) is 123 Å².